The highest BCUT2D eigenvalue weighted by atomic mass is 16.5. The molecule has 3 unspecified atom stereocenters. The lowest BCUT2D eigenvalue weighted by atomic mass is 9.70. The molecule has 0 aliphatic heterocycles. The summed E-state index contributed by atoms with van der Waals surface area (Å²) in [5.74, 6) is 1.74. The van der Waals surface area contributed by atoms with Crippen LogP contribution in [0.3, 0.4) is 0 Å². The molecule has 2 rings (SSSR count). The fraction of sp³-hybridized carbons (Fsp3) is 0.800. The standard InChI is InChI=1S/C10H17N3O/c1-7-3-4-8(2)10(11,5-7)9-12-6-14-13-9/h6-8H,3-5,11H2,1-2H3. The molecule has 14 heavy (non-hydrogen) atoms. The van der Waals surface area contributed by atoms with E-state index in [9.17, 15) is 0 Å². The van der Waals surface area contributed by atoms with Gasteiger partial charge in [0.25, 0.3) is 0 Å². The van der Waals surface area contributed by atoms with Gasteiger partial charge in [-0.2, -0.15) is 4.98 Å². The van der Waals surface area contributed by atoms with Gasteiger partial charge in [-0.1, -0.05) is 25.4 Å². The Hall–Kier alpha value is -0.900. The van der Waals surface area contributed by atoms with Crippen LogP contribution in [0.4, 0.5) is 0 Å². The molecule has 0 saturated heterocycles. The molecule has 1 aromatic heterocycles. The zero-order valence-corrected chi connectivity index (χ0v) is 8.73. The van der Waals surface area contributed by atoms with E-state index in [1.54, 1.807) is 0 Å². The van der Waals surface area contributed by atoms with Crippen molar-refractivity contribution in [2.45, 2.75) is 38.6 Å². The molecule has 0 spiro atoms. The minimum atomic E-state index is -0.384. The first-order valence-corrected chi connectivity index (χ1v) is 5.18. The SMILES string of the molecule is CC1CCC(C)C(N)(c2ncon2)C1. The van der Waals surface area contributed by atoms with Gasteiger partial charge in [-0.15, -0.1) is 0 Å². The Labute approximate surface area is 83.9 Å². The van der Waals surface area contributed by atoms with E-state index in [2.05, 4.69) is 24.0 Å². The van der Waals surface area contributed by atoms with Crippen LogP contribution in [0.2, 0.25) is 0 Å². The molecule has 0 radical (unpaired) electrons. The predicted octanol–water partition coefficient (Wildman–Crippen LogP) is 1.68. The van der Waals surface area contributed by atoms with Crippen LogP contribution >= 0.6 is 0 Å². The third-order valence-corrected chi connectivity index (χ3v) is 3.44. The summed E-state index contributed by atoms with van der Waals surface area (Å²) in [5, 5.41) is 3.89. The molecular weight excluding hydrogens is 178 g/mol. The second-order valence-electron chi connectivity index (χ2n) is 4.58. The van der Waals surface area contributed by atoms with Crippen LogP contribution in [0.1, 0.15) is 38.9 Å². The highest BCUT2D eigenvalue weighted by Gasteiger charge is 2.41. The molecule has 4 nitrogen and oxygen atoms in total. The molecular formula is C10H17N3O. The van der Waals surface area contributed by atoms with Gasteiger partial charge in [0, 0.05) is 0 Å². The number of hydrogen-bond donors (Lipinski definition) is 1. The minimum absolute atomic E-state index is 0.384. The van der Waals surface area contributed by atoms with Gasteiger partial charge in [-0.05, 0) is 24.7 Å². The van der Waals surface area contributed by atoms with E-state index < -0.39 is 0 Å². The number of aromatic nitrogens is 2. The van der Waals surface area contributed by atoms with Crippen molar-refractivity contribution in [3.63, 3.8) is 0 Å². The van der Waals surface area contributed by atoms with E-state index >= 15 is 0 Å². The fourth-order valence-corrected chi connectivity index (χ4v) is 2.36. The van der Waals surface area contributed by atoms with E-state index in [0.717, 1.165) is 12.8 Å². The van der Waals surface area contributed by atoms with Gasteiger partial charge in [-0.3, -0.25) is 0 Å². The topological polar surface area (TPSA) is 64.9 Å². The normalized spacial score (nSPS) is 38.5. The Balaban J connectivity index is 2.28. The summed E-state index contributed by atoms with van der Waals surface area (Å²) in [7, 11) is 0. The summed E-state index contributed by atoms with van der Waals surface area (Å²) >= 11 is 0. The van der Waals surface area contributed by atoms with E-state index in [1.807, 2.05) is 0 Å². The van der Waals surface area contributed by atoms with Crippen LogP contribution in [0.5, 0.6) is 0 Å². The summed E-state index contributed by atoms with van der Waals surface area (Å²) in [4.78, 5) is 4.09. The second-order valence-corrected chi connectivity index (χ2v) is 4.58. The number of nitrogens with two attached hydrogens (primary N) is 1. The van der Waals surface area contributed by atoms with Crippen molar-refractivity contribution < 1.29 is 4.52 Å². The van der Waals surface area contributed by atoms with Crippen LogP contribution in [-0.4, -0.2) is 10.1 Å². The lowest BCUT2D eigenvalue weighted by Crippen LogP contribution is -2.48. The summed E-state index contributed by atoms with van der Waals surface area (Å²) < 4.78 is 4.78. The van der Waals surface area contributed by atoms with Gasteiger partial charge in [0.2, 0.25) is 6.39 Å². The molecule has 1 fully saturated rings. The molecule has 78 valence electrons. The molecule has 0 amide bonds. The van der Waals surface area contributed by atoms with E-state index in [-0.39, 0.29) is 5.54 Å². The molecule has 0 aromatic carbocycles. The van der Waals surface area contributed by atoms with Gasteiger partial charge < -0.3 is 10.3 Å². The van der Waals surface area contributed by atoms with Gasteiger partial charge in [-0.25, -0.2) is 0 Å². The fourth-order valence-electron chi connectivity index (χ4n) is 2.36. The largest absolute Gasteiger partial charge is 0.343 e. The second kappa shape index (κ2) is 3.35. The van der Waals surface area contributed by atoms with Crippen molar-refractivity contribution in [1.29, 1.82) is 0 Å². The van der Waals surface area contributed by atoms with Crippen LogP contribution in [0.25, 0.3) is 0 Å². The monoisotopic (exact) mass is 195 g/mol. The molecule has 0 bridgehead atoms. The van der Waals surface area contributed by atoms with Crippen molar-refractivity contribution in [3.05, 3.63) is 12.2 Å². The van der Waals surface area contributed by atoms with Crippen LogP contribution in [0.15, 0.2) is 10.9 Å². The van der Waals surface area contributed by atoms with Crippen molar-refractivity contribution in [1.82, 2.24) is 10.1 Å². The maximum Gasteiger partial charge on any atom is 0.213 e. The summed E-state index contributed by atoms with van der Waals surface area (Å²) in [6.45, 7) is 4.40. The van der Waals surface area contributed by atoms with E-state index in [1.165, 1.54) is 12.8 Å². The summed E-state index contributed by atoms with van der Waals surface area (Å²) in [6.07, 6.45) is 4.70. The summed E-state index contributed by atoms with van der Waals surface area (Å²) in [5.41, 5.74) is 5.99. The molecule has 2 N–H and O–H groups in total. The van der Waals surface area contributed by atoms with Gasteiger partial charge in [0.05, 0.1) is 5.54 Å². The van der Waals surface area contributed by atoms with Crippen LogP contribution in [0, 0.1) is 11.8 Å². The number of nitrogens with zero attached hydrogens (tertiary/aromatic N) is 2. The third-order valence-electron chi connectivity index (χ3n) is 3.44. The molecule has 1 aliphatic rings. The van der Waals surface area contributed by atoms with Crippen molar-refractivity contribution in [2.24, 2.45) is 17.6 Å². The number of hydrogen-bond acceptors (Lipinski definition) is 4. The molecule has 1 heterocycles. The Bertz CT molecular complexity index is 298. The molecule has 4 heteroatoms. The quantitative estimate of drug-likeness (QED) is 0.740. The molecule has 1 aliphatic carbocycles. The number of rotatable bonds is 1. The molecule has 1 aromatic rings. The van der Waals surface area contributed by atoms with Crippen molar-refractivity contribution in [2.75, 3.05) is 0 Å². The van der Waals surface area contributed by atoms with Gasteiger partial charge >= 0.3 is 0 Å². The van der Waals surface area contributed by atoms with Crippen molar-refractivity contribution >= 4 is 0 Å². The van der Waals surface area contributed by atoms with Crippen LogP contribution in [-0.2, 0) is 5.54 Å². The van der Waals surface area contributed by atoms with Gasteiger partial charge in [0.1, 0.15) is 0 Å². The average Bonchev–Trinajstić information content (AvgIpc) is 2.65. The smallest absolute Gasteiger partial charge is 0.213 e. The predicted molar refractivity (Wildman–Crippen MR) is 52.3 cm³/mol. The Kier molecular flexibility index (Phi) is 2.31. The third kappa shape index (κ3) is 1.43. The maximum atomic E-state index is 6.37. The average molecular weight is 195 g/mol. The summed E-state index contributed by atoms with van der Waals surface area (Å²) in [6, 6.07) is 0. The van der Waals surface area contributed by atoms with E-state index in [0.29, 0.717) is 17.7 Å². The van der Waals surface area contributed by atoms with Gasteiger partial charge in [0.15, 0.2) is 5.82 Å². The lowest BCUT2D eigenvalue weighted by Gasteiger charge is -2.39. The van der Waals surface area contributed by atoms with E-state index in [4.69, 9.17) is 10.3 Å². The first kappa shape index (κ1) is 9.65. The first-order chi connectivity index (χ1) is 6.63. The van der Waals surface area contributed by atoms with Crippen LogP contribution < -0.4 is 5.73 Å². The Morgan fingerprint density at radius 1 is 1.50 bits per heavy atom. The molecule has 3 atom stereocenters. The zero-order valence-electron chi connectivity index (χ0n) is 8.73. The zero-order chi connectivity index (χ0) is 10.2. The minimum Gasteiger partial charge on any atom is -0.343 e. The Morgan fingerprint density at radius 2 is 2.29 bits per heavy atom. The Morgan fingerprint density at radius 3 is 2.93 bits per heavy atom. The highest BCUT2D eigenvalue weighted by molar-refractivity contribution is 5.07. The van der Waals surface area contributed by atoms with Crippen molar-refractivity contribution in [3.8, 4) is 0 Å². The molecule has 1 saturated carbocycles. The highest BCUT2D eigenvalue weighted by Crippen LogP contribution is 2.40. The maximum absolute atomic E-state index is 6.37. The first-order valence-electron chi connectivity index (χ1n) is 5.18. The lowest BCUT2D eigenvalue weighted by molar-refractivity contribution is 0.149.